The van der Waals surface area contributed by atoms with Crippen LogP contribution in [0.25, 0.3) is 0 Å². The molecule has 0 fully saturated rings. The molecule has 0 atom stereocenters. The van der Waals surface area contributed by atoms with Crippen LogP contribution < -0.4 is 0 Å². The van der Waals surface area contributed by atoms with Crippen molar-refractivity contribution >= 4 is 17.6 Å². The molecule has 2 aromatic heterocycles. The zero-order valence-corrected chi connectivity index (χ0v) is 33.0. The normalized spacial score (nSPS) is 12.4. The molecular formula is C32H66N8O6Si2. The van der Waals surface area contributed by atoms with Crippen LogP contribution in [0, 0.1) is 0 Å². The maximum absolute atomic E-state index is 5.97. The van der Waals surface area contributed by atoms with Crippen LogP contribution in [-0.2, 0) is 52.5 Å². The van der Waals surface area contributed by atoms with Crippen LogP contribution in [0.2, 0.25) is 12.1 Å². The van der Waals surface area contributed by atoms with Crippen molar-refractivity contribution in [3.8, 4) is 0 Å². The molecule has 2 aromatic rings. The average Bonchev–Trinajstić information content (AvgIpc) is 3.71. The van der Waals surface area contributed by atoms with E-state index in [9.17, 15) is 0 Å². The van der Waals surface area contributed by atoms with Gasteiger partial charge in [-0.05, 0) is 88.1 Å². The first-order valence-electron chi connectivity index (χ1n) is 18.8. The van der Waals surface area contributed by atoms with E-state index in [4.69, 9.17) is 26.6 Å². The Morgan fingerprint density at radius 1 is 0.417 bits per heavy atom. The summed E-state index contributed by atoms with van der Waals surface area (Å²) in [6.07, 6.45) is 15.9. The first-order chi connectivity index (χ1) is 23.5. The van der Waals surface area contributed by atoms with E-state index < -0.39 is 17.6 Å². The first kappa shape index (κ1) is 42.5. The number of tetrazole rings is 2. The molecule has 0 aliphatic rings. The Kier molecular flexibility index (Phi) is 23.2. The van der Waals surface area contributed by atoms with Crippen molar-refractivity contribution in [2.45, 2.75) is 157 Å². The van der Waals surface area contributed by atoms with Gasteiger partial charge in [-0.1, -0.05) is 51.4 Å². The molecule has 14 nitrogen and oxygen atoms in total. The number of aromatic nitrogens is 8. The lowest BCUT2D eigenvalue weighted by atomic mass is 10.0. The predicted octanol–water partition coefficient (Wildman–Crippen LogP) is 6.22. The molecule has 2 heterocycles. The van der Waals surface area contributed by atoms with E-state index in [-0.39, 0.29) is 0 Å². The fourth-order valence-electron chi connectivity index (χ4n) is 6.03. The number of hydrogen-bond donors (Lipinski definition) is 0. The molecule has 0 amide bonds. The van der Waals surface area contributed by atoms with E-state index >= 15 is 0 Å². The van der Waals surface area contributed by atoms with Crippen molar-refractivity contribution in [2.75, 3.05) is 39.6 Å². The molecule has 0 saturated heterocycles. The summed E-state index contributed by atoms with van der Waals surface area (Å²) in [5.41, 5.74) is 0. The van der Waals surface area contributed by atoms with Crippen LogP contribution >= 0.6 is 0 Å². The van der Waals surface area contributed by atoms with E-state index in [2.05, 4.69) is 31.1 Å². The van der Waals surface area contributed by atoms with Crippen molar-refractivity contribution < 1.29 is 26.6 Å². The topological polar surface area (TPSA) is 143 Å². The van der Waals surface area contributed by atoms with E-state index in [1.807, 2.05) is 50.9 Å². The lowest BCUT2D eigenvalue weighted by Crippen LogP contribution is -2.46. The largest absolute Gasteiger partial charge is 0.500 e. The van der Waals surface area contributed by atoms with Crippen molar-refractivity contribution in [2.24, 2.45) is 0 Å². The zero-order valence-electron chi connectivity index (χ0n) is 31.0. The SMILES string of the molecule is CCO[Si](CCCn1nnnc1CCCCCCCCCCCCc1nnnn1CCC[Si](OCC)(OCC)OCC)(OCC)OCC. The predicted molar refractivity (Wildman–Crippen MR) is 189 cm³/mol. The van der Waals surface area contributed by atoms with Gasteiger partial charge in [0.25, 0.3) is 0 Å². The maximum Gasteiger partial charge on any atom is 0.500 e. The summed E-state index contributed by atoms with van der Waals surface area (Å²) in [6, 6.07) is 1.54. The highest BCUT2D eigenvalue weighted by molar-refractivity contribution is 6.61. The summed E-state index contributed by atoms with van der Waals surface area (Å²) in [4.78, 5) is 0. The minimum atomic E-state index is -2.63. The van der Waals surface area contributed by atoms with Gasteiger partial charge in [-0.2, -0.15) is 0 Å². The number of unbranched alkanes of at least 4 members (excludes halogenated alkanes) is 9. The van der Waals surface area contributed by atoms with E-state index in [1.54, 1.807) is 0 Å². The minimum absolute atomic E-state index is 0.594. The van der Waals surface area contributed by atoms with Gasteiger partial charge in [0.2, 0.25) is 0 Å². The smallest absolute Gasteiger partial charge is 0.374 e. The molecule has 0 unspecified atom stereocenters. The Bertz CT molecular complexity index is 936. The molecule has 278 valence electrons. The van der Waals surface area contributed by atoms with Gasteiger partial charge < -0.3 is 26.6 Å². The zero-order chi connectivity index (χ0) is 34.8. The lowest BCUT2D eigenvalue weighted by Gasteiger charge is -2.28. The molecule has 0 N–H and O–H groups in total. The van der Waals surface area contributed by atoms with Crippen LogP contribution in [0.5, 0.6) is 0 Å². The number of nitrogens with zero attached hydrogens (tertiary/aromatic N) is 8. The van der Waals surface area contributed by atoms with Gasteiger partial charge in [-0.25, -0.2) is 9.36 Å². The minimum Gasteiger partial charge on any atom is -0.374 e. The highest BCUT2D eigenvalue weighted by Gasteiger charge is 2.40. The van der Waals surface area contributed by atoms with Gasteiger partial charge in [0.1, 0.15) is 0 Å². The summed E-state index contributed by atoms with van der Waals surface area (Å²) in [7, 11) is -5.26. The standard InChI is InChI=1S/C32H66N8O6Si2/c1-7-41-47(42-8-2,43-9-3)29-23-27-39-31(33-35-37-39)25-21-19-17-15-13-14-16-18-20-22-26-32-34-36-38-40(32)28-24-30-48(44-10-4,45-11-5)46-12-6/h7-30H2,1-6H3. The molecule has 0 radical (unpaired) electrons. The third-order valence-electron chi connectivity index (χ3n) is 8.15. The molecule has 0 aliphatic carbocycles. The third-order valence-corrected chi connectivity index (χ3v) is 14.5. The molecule has 16 heteroatoms. The third kappa shape index (κ3) is 16.4. The van der Waals surface area contributed by atoms with Gasteiger partial charge in [0.15, 0.2) is 11.6 Å². The quantitative estimate of drug-likeness (QED) is 0.0612. The van der Waals surface area contributed by atoms with Gasteiger partial charge in [-0.3, -0.25) is 0 Å². The van der Waals surface area contributed by atoms with Crippen LogP contribution in [0.3, 0.4) is 0 Å². The summed E-state index contributed by atoms with van der Waals surface area (Å²) in [5.74, 6) is 1.93. The van der Waals surface area contributed by atoms with E-state index in [0.717, 1.165) is 75.4 Å². The maximum atomic E-state index is 5.97. The molecule has 2 rings (SSSR count). The molecule has 0 bridgehead atoms. The van der Waals surface area contributed by atoms with Gasteiger partial charge >= 0.3 is 17.6 Å². The van der Waals surface area contributed by atoms with Crippen molar-refractivity contribution in [3.05, 3.63) is 11.6 Å². The summed E-state index contributed by atoms with van der Waals surface area (Å²) < 4.78 is 39.7. The monoisotopic (exact) mass is 714 g/mol. The first-order valence-corrected chi connectivity index (χ1v) is 22.7. The second-order valence-corrected chi connectivity index (χ2v) is 17.3. The second-order valence-electron chi connectivity index (χ2n) is 11.8. The van der Waals surface area contributed by atoms with E-state index in [1.165, 1.54) is 51.4 Å². The van der Waals surface area contributed by atoms with Crippen molar-refractivity contribution in [1.29, 1.82) is 0 Å². The Morgan fingerprint density at radius 2 is 0.708 bits per heavy atom. The van der Waals surface area contributed by atoms with Crippen molar-refractivity contribution in [3.63, 3.8) is 0 Å². The van der Waals surface area contributed by atoms with Gasteiger partial charge in [0, 0.05) is 77.7 Å². The molecule has 0 saturated carbocycles. The average molecular weight is 715 g/mol. The van der Waals surface area contributed by atoms with Crippen LogP contribution in [0.1, 0.15) is 130 Å². The number of aryl methyl sites for hydroxylation is 4. The molecule has 0 aliphatic heterocycles. The van der Waals surface area contributed by atoms with Crippen LogP contribution in [0.4, 0.5) is 0 Å². The molecule has 0 aromatic carbocycles. The highest BCUT2D eigenvalue weighted by Crippen LogP contribution is 2.21. The molecule has 0 spiro atoms. The Balaban J connectivity index is 1.53. The lowest BCUT2D eigenvalue weighted by molar-refractivity contribution is 0.0696. The van der Waals surface area contributed by atoms with E-state index in [0.29, 0.717) is 39.6 Å². The molecule has 48 heavy (non-hydrogen) atoms. The van der Waals surface area contributed by atoms with Crippen molar-refractivity contribution in [1.82, 2.24) is 40.4 Å². The Hall–Kier alpha value is -1.67. The second kappa shape index (κ2) is 26.2. The van der Waals surface area contributed by atoms with Gasteiger partial charge in [-0.15, -0.1) is 10.2 Å². The highest BCUT2D eigenvalue weighted by atomic mass is 28.4. The van der Waals surface area contributed by atoms with Crippen LogP contribution in [-0.4, -0.2) is 97.7 Å². The summed E-state index contributed by atoms with van der Waals surface area (Å²) in [5, 5.41) is 24.9. The number of hydrogen-bond acceptors (Lipinski definition) is 12. The fraction of sp³-hybridized carbons (Fsp3) is 0.938. The van der Waals surface area contributed by atoms with Crippen LogP contribution in [0.15, 0.2) is 0 Å². The summed E-state index contributed by atoms with van der Waals surface area (Å²) in [6.45, 7) is 17.0. The summed E-state index contributed by atoms with van der Waals surface area (Å²) >= 11 is 0. The number of rotatable bonds is 33. The Morgan fingerprint density at radius 3 is 1.00 bits per heavy atom. The fourth-order valence-corrected chi connectivity index (χ4v) is 11.2. The Labute approximate surface area is 292 Å². The molecular weight excluding hydrogens is 649 g/mol. The van der Waals surface area contributed by atoms with Gasteiger partial charge in [0.05, 0.1) is 0 Å².